The zero-order valence-corrected chi connectivity index (χ0v) is 21.2. The van der Waals surface area contributed by atoms with E-state index in [0.29, 0.717) is 17.9 Å². The molecule has 2 saturated carbocycles. The monoisotopic (exact) mass is 534 g/mol. The molecule has 1 aromatic heterocycles. The van der Waals surface area contributed by atoms with E-state index in [1.54, 1.807) is 4.90 Å². The van der Waals surface area contributed by atoms with Crippen LogP contribution in [0.25, 0.3) is 22.0 Å². The van der Waals surface area contributed by atoms with Crippen molar-refractivity contribution >= 4 is 22.6 Å². The van der Waals surface area contributed by atoms with Gasteiger partial charge in [0.2, 0.25) is 0 Å². The molecule has 200 valence electrons. The van der Waals surface area contributed by atoms with Gasteiger partial charge in [-0.2, -0.15) is 13.2 Å². The fraction of sp³-hybridized carbons (Fsp3) is 0.300. The molecule has 0 bridgehead atoms. The minimum atomic E-state index is -4.68. The molecule has 2 fully saturated rings. The minimum Gasteiger partial charge on any atom is -0.367 e. The Morgan fingerprint density at radius 1 is 0.974 bits per heavy atom. The number of amides is 1. The Balaban J connectivity index is 1.28. The van der Waals surface area contributed by atoms with Crippen molar-refractivity contribution in [3.05, 3.63) is 89.0 Å². The number of nitrogens with zero attached hydrogens (tertiary/aromatic N) is 3. The number of nitrogens with one attached hydrogen (secondary N) is 1. The topological polar surface area (TPSA) is 58.1 Å². The second-order valence-corrected chi connectivity index (χ2v) is 10.3. The van der Waals surface area contributed by atoms with Crippen LogP contribution < -0.4 is 5.32 Å². The standard InChI is InChI=1S/C30H26F4N4O/c1-17-35-27-12-5-20(14-25(27)28(36-17)37-22-7-8-22)19-4-2-3-18(13-19)16-38(23-9-10-23)29(39)24-11-6-21(15-26(24)31)30(32,33)34/h2-6,11-15,22-23H,7-10,16H2,1H3,(H,35,36,37). The third-order valence-electron chi connectivity index (χ3n) is 7.11. The molecular formula is C30H26F4N4O. The third-order valence-corrected chi connectivity index (χ3v) is 7.11. The molecule has 39 heavy (non-hydrogen) atoms. The summed E-state index contributed by atoms with van der Waals surface area (Å²) < 4.78 is 53.5. The number of fused-ring (bicyclic) bond motifs is 1. The van der Waals surface area contributed by atoms with Crippen LogP contribution in [0, 0.1) is 12.7 Å². The lowest BCUT2D eigenvalue weighted by Crippen LogP contribution is -2.33. The molecule has 9 heteroatoms. The van der Waals surface area contributed by atoms with Gasteiger partial charge < -0.3 is 10.2 Å². The highest BCUT2D eigenvalue weighted by molar-refractivity contribution is 5.95. The molecule has 2 aliphatic carbocycles. The average molecular weight is 535 g/mol. The number of aryl methyl sites for hydroxylation is 1. The maximum atomic E-state index is 14.6. The lowest BCUT2D eigenvalue weighted by Gasteiger charge is -2.23. The Kier molecular flexibility index (Phi) is 6.24. The second-order valence-electron chi connectivity index (χ2n) is 10.3. The molecule has 0 aliphatic heterocycles. The fourth-order valence-corrected chi connectivity index (χ4v) is 4.77. The van der Waals surface area contributed by atoms with Gasteiger partial charge in [-0.1, -0.05) is 24.3 Å². The predicted octanol–water partition coefficient (Wildman–Crippen LogP) is 7.14. The van der Waals surface area contributed by atoms with Crippen LogP contribution in [0.15, 0.2) is 60.7 Å². The van der Waals surface area contributed by atoms with E-state index < -0.39 is 23.5 Å². The Labute approximate surface area is 222 Å². The van der Waals surface area contributed by atoms with Crippen LogP contribution >= 0.6 is 0 Å². The zero-order chi connectivity index (χ0) is 27.3. The maximum absolute atomic E-state index is 14.6. The zero-order valence-electron chi connectivity index (χ0n) is 21.2. The Morgan fingerprint density at radius 3 is 2.44 bits per heavy atom. The van der Waals surface area contributed by atoms with Crippen LogP contribution in [-0.4, -0.2) is 32.9 Å². The van der Waals surface area contributed by atoms with E-state index in [1.165, 1.54) is 0 Å². The molecule has 1 amide bonds. The molecule has 0 atom stereocenters. The molecule has 4 aromatic rings. The van der Waals surface area contributed by atoms with Crippen molar-refractivity contribution in [3.8, 4) is 11.1 Å². The van der Waals surface area contributed by atoms with E-state index >= 15 is 0 Å². The van der Waals surface area contributed by atoms with Crippen LogP contribution in [-0.2, 0) is 12.7 Å². The molecule has 6 rings (SSSR count). The Hall–Kier alpha value is -4.01. The minimum absolute atomic E-state index is 0.0695. The van der Waals surface area contributed by atoms with Crippen molar-refractivity contribution in [2.24, 2.45) is 0 Å². The molecule has 1 N–H and O–H groups in total. The number of anilines is 1. The largest absolute Gasteiger partial charge is 0.416 e. The number of alkyl halides is 3. The molecule has 0 saturated heterocycles. The van der Waals surface area contributed by atoms with Crippen molar-refractivity contribution in [3.63, 3.8) is 0 Å². The van der Waals surface area contributed by atoms with Crippen LogP contribution in [0.2, 0.25) is 0 Å². The fourth-order valence-electron chi connectivity index (χ4n) is 4.77. The number of rotatable bonds is 7. The lowest BCUT2D eigenvalue weighted by atomic mass is 10.0. The summed E-state index contributed by atoms with van der Waals surface area (Å²) in [5.41, 5.74) is 2.14. The first-order valence-corrected chi connectivity index (χ1v) is 13.0. The summed E-state index contributed by atoms with van der Waals surface area (Å²) in [4.78, 5) is 24.0. The van der Waals surface area contributed by atoms with Crippen molar-refractivity contribution in [2.75, 3.05) is 5.32 Å². The predicted molar refractivity (Wildman–Crippen MR) is 141 cm³/mol. The van der Waals surface area contributed by atoms with Gasteiger partial charge in [-0.05, 0) is 85.7 Å². The highest BCUT2D eigenvalue weighted by atomic mass is 19.4. The van der Waals surface area contributed by atoms with Gasteiger partial charge in [0, 0.05) is 24.0 Å². The first-order valence-electron chi connectivity index (χ1n) is 13.0. The number of aromatic nitrogens is 2. The van der Waals surface area contributed by atoms with Crippen LogP contribution in [0.1, 0.15) is 53.0 Å². The van der Waals surface area contributed by atoms with E-state index in [4.69, 9.17) is 0 Å². The molecule has 0 unspecified atom stereocenters. The van der Waals surface area contributed by atoms with E-state index in [0.717, 1.165) is 71.2 Å². The van der Waals surface area contributed by atoms with Gasteiger partial charge in [-0.15, -0.1) is 0 Å². The molecule has 0 spiro atoms. The number of hydrogen-bond donors (Lipinski definition) is 1. The molecule has 0 radical (unpaired) electrons. The summed E-state index contributed by atoms with van der Waals surface area (Å²) in [6.07, 6.45) is -0.887. The number of hydrogen-bond acceptors (Lipinski definition) is 4. The number of benzene rings is 3. The van der Waals surface area contributed by atoms with E-state index in [-0.39, 0.29) is 18.2 Å². The maximum Gasteiger partial charge on any atom is 0.416 e. The highest BCUT2D eigenvalue weighted by Crippen LogP contribution is 2.35. The molecule has 2 aliphatic rings. The summed E-state index contributed by atoms with van der Waals surface area (Å²) in [6.45, 7) is 2.10. The van der Waals surface area contributed by atoms with E-state index in [2.05, 4.69) is 21.4 Å². The van der Waals surface area contributed by atoms with Crippen LogP contribution in [0.3, 0.4) is 0 Å². The van der Waals surface area contributed by atoms with Crippen LogP contribution in [0.5, 0.6) is 0 Å². The summed E-state index contributed by atoms with van der Waals surface area (Å²) in [5, 5.41) is 4.42. The SMILES string of the molecule is Cc1nc(NC2CC2)c2cc(-c3cccc(CN(C(=O)c4ccc(C(F)(F)F)cc4F)C4CC4)c3)ccc2n1. The third kappa shape index (κ3) is 5.44. The van der Waals surface area contributed by atoms with Gasteiger partial charge in [-0.25, -0.2) is 14.4 Å². The van der Waals surface area contributed by atoms with Gasteiger partial charge in [0.25, 0.3) is 5.91 Å². The van der Waals surface area contributed by atoms with Gasteiger partial charge >= 0.3 is 6.18 Å². The first-order chi connectivity index (χ1) is 18.7. The second kappa shape index (κ2) is 9.63. The summed E-state index contributed by atoms with van der Waals surface area (Å²) in [7, 11) is 0. The first kappa shape index (κ1) is 25.3. The van der Waals surface area contributed by atoms with Crippen molar-refractivity contribution in [2.45, 2.75) is 57.4 Å². The Morgan fingerprint density at radius 2 is 1.74 bits per heavy atom. The van der Waals surface area contributed by atoms with E-state index in [9.17, 15) is 22.4 Å². The van der Waals surface area contributed by atoms with Crippen LogP contribution in [0.4, 0.5) is 23.4 Å². The number of carbonyl (C=O) groups excluding carboxylic acids is 1. The van der Waals surface area contributed by atoms with Crippen molar-refractivity contribution < 1.29 is 22.4 Å². The van der Waals surface area contributed by atoms with Gasteiger partial charge in [0.1, 0.15) is 17.5 Å². The quantitative estimate of drug-likeness (QED) is 0.256. The molecule has 3 aromatic carbocycles. The lowest BCUT2D eigenvalue weighted by molar-refractivity contribution is -0.137. The summed E-state index contributed by atoms with van der Waals surface area (Å²) in [5.74, 6) is -0.251. The average Bonchev–Trinajstić information content (AvgIpc) is 3.82. The van der Waals surface area contributed by atoms with Gasteiger partial charge in [0.15, 0.2) is 0 Å². The Bertz CT molecular complexity index is 1580. The highest BCUT2D eigenvalue weighted by Gasteiger charge is 2.36. The smallest absolute Gasteiger partial charge is 0.367 e. The normalized spacial score (nSPS) is 15.4. The van der Waals surface area contributed by atoms with Gasteiger partial charge in [0.05, 0.1) is 16.6 Å². The summed E-state index contributed by atoms with van der Waals surface area (Å²) >= 11 is 0. The van der Waals surface area contributed by atoms with E-state index in [1.807, 2.05) is 43.3 Å². The number of carbonyl (C=O) groups is 1. The summed E-state index contributed by atoms with van der Waals surface area (Å²) in [6, 6.07) is 16.2. The molecular weight excluding hydrogens is 508 g/mol. The van der Waals surface area contributed by atoms with Gasteiger partial charge in [-0.3, -0.25) is 4.79 Å². The molecule has 1 heterocycles. The van der Waals surface area contributed by atoms with Crippen molar-refractivity contribution in [1.29, 1.82) is 0 Å². The molecule has 5 nitrogen and oxygen atoms in total. The van der Waals surface area contributed by atoms with Crippen molar-refractivity contribution in [1.82, 2.24) is 14.9 Å². The number of halogens is 4.